The first-order chi connectivity index (χ1) is 11.5. The molecule has 122 valence electrons. The van der Waals surface area contributed by atoms with Crippen molar-refractivity contribution in [1.29, 1.82) is 0 Å². The van der Waals surface area contributed by atoms with Crippen molar-refractivity contribution >= 4 is 32.8 Å². The molecule has 0 spiro atoms. The summed E-state index contributed by atoms with van der Waals surface area (Å²) in [7, 11) is 2.01. The summed E-state index contributed by atoms with van der Waals surface area (Å²) in [5.74, 6) is 0.905. The Morgan fingerprint density at radius 2 is 2.04 bits per heavy atom. The van der Waals surface area contributed by atoms with E-state index in [9.17, 15) is 0 Å². The lowest BCUT2D eigenvalue weighted by molar-refractivity contribution is 0.270. The van der Waals surface area contributed by atoms with Gasteiger partial charge in [0.05, 0.1) is 11.4 Å². The first kappa shape index (κ1) is 15.5. The smallest absolute Gasteiger partial charge is 0.0985 e. The Kier molecular flexibility index (Phi) is 3.55. The molecular weight excluding hydrogens is 332 g/mol. The molecule has 2 nitrogen and oxygen atoms in total. The summed E-state index contributed by atoms with van der Waals surface area (Å²) in [6.45, 7) is 10.6. The molecule has 0 radical (unpaired) electrons. The van der Waals surface area contributed by atoms with Crippen molar-refractivity contribution < 1.29 is 0 Å². The molecule has 1 saturated heterocycles. The van der Waals surface area contributed by atoms with E-state index in [0.717, 1.165) is 17.9 Å². The maximum atomic E-state index is 4.22. The van der Waals surface area contributed by atoms with Gasteiger partial charge in [0, 0.05) is 29.4 Å². The molecule has 3 heterocycles. The van der Waals surface area contributed by atoms with E-state index < -0.39 is 0 Å². The summed E-state index contributed by atoms with van der Waals surface area (Å²) >= 11 is 3.57. The number of thiophene rings is 2. The van der Waals surface area contributed by atoms with E-state index in [1.807, 2.05) is 23.3 Å². The molecule has 0 aliphatic carbocycles. The molecule has 1 aromatic carbocycles. The van der Waals surface area contributed by atoms with Crippen molar-refractivity contribution in [2.45, 2.75) is 18.9 Å². The van der Waals surface area contributed by atoms with Crippen LogP contribution in [-0.2, 0) is 5.54 Å². The highest BCUT2D eigenvalue weighted by atomic mass is 32.1. The first-order valence-electron chi connectivity index (χ1n) is 7.91. The Bertz CT molecular complexity index is 916. The molecule has 1 aliphatic heterocycles. The Morgan fingerprint density at radius 1 is 1.21 bits per heavy atom. The van der Waals surface area contributed by atoms with Crippen LogP contribution in [0, 0.1) is 0 Å². The molecule has 1 N–H and O–H groups in total. The lowest BCUT2D eigenvalue weighted by Crippen LogP contribution is -2.48. The first-order valence-corrected chi connectivity index (χ1v) is 9.74. The van der Waals surface area contributed by atoms with Crippen molar-refractivity contribution in [1.82, 2.24) is 10.2 Å². The van der Waals surface area contributed by atoms with E-state index in [2.05, 4.69) is 65.8 Å². The maximum Gasteiger partial charge on any atom is 0.0985 e. The zero-order valence-corrected chi connectivity index (χ0v) is 15.6. The number of rotatable bonds is 2. The zero-order valence-electron chi connectivity index (χ0n) is 13.9. The average Bonchev–Trinajstić information content (AvgIpc) is 3.21. The molecule has 4 rings (SSSR count). The van der Waals surface area contributed by atoms with Gasteiger partial charge in [0.1, 0.15) is 0 Å². The van der Waals surface area contributed by atoms with Gasteiger partial charge < -0.3 is 10.2 Å². The number of fused-ring (bicyclic) bond motifs is 1. The van der Waals surface area contributed by atoms with Crippen molar-refractivity contribution in [3.63, 3.8) is 0 Å². The average molecular weight is 353 g/mol. The summed E-state index contributed by atoms with van der Waals surface area (Å²) in [5, 5.41) is 11.6. The van der Waals surface area contributed by atoms with Gasteiger partial charge in [0.25, 0.3) is 0 Å². The normalized spacial score (nSPS) is 21.3. The topological polar surface area (TPSA) is 15.3 Å². The Hall–Kier alpha value is -2.04. The third kappa shape index (κ3) is 2.29. The third-order valence-electron chi connectivity index (χ3n) is 4.88. The molecule has 2 aromatic heterocycles. The molecular formula is C20H20N2S2. The van der Waals surface area contributed by atoms with Crippen LogP contribution in [0.3, 0.4) is 0 Å². The number of benzene rings is 1. The summed E-state index contributed by atoms with van der Waals surface area (Å²) in [4.78, 5) is 2.03. The maximum absolute atomic E-state index is 4.22. The zero-order chi connectivity index (χ0) is 16.9. The standard InChI is InChI=1S/C20H20N2S2/c1-13-10-20(3,21-14(2)22(13)4)18-12-24-19-16(6-5-7-17(18)19)15-8-9-23-11-15/h5-9,11-12,21H,1-2,10H2,3-4H3/t20-/m0/s1. The quantitative estimate of drug-likeness (QED) is 0.631. The van der Waals surface area contributed by atoms with Crippen LogP contribution in [0.2, 0.25) is 0 Å². The largest absolute Gasteiger partial charge is 0.362 e. The number of hydrogen-bond acceptors (Lipinski definition) is 4. The van der Waals surface area contributed by atoms with Gasteiger partial charge in [-0.05, 0) is 45.6 Å². The molecule has 4 heteroatoms. The van der Waals surface area contributed by atoms with Gasteiger partial charge in [-0.2, -0.15) is 11.3 Å². The van der Waals surface area contributed by atoms with Crippen LogP contribution in [0.15, 0.2) is 65.1 Å². The minimum Gasteiger partial charge on any atom is -0.362 e. The monoisotopic (exact) mass is 352 g/mol. The van der Waals surface area contributed by atoms with Gasteiger partial charge >= 0.3 is 0 Å². The van der Waals surface area contributed by atoms with Gasteiger partial charge in [-0.3, -0.25) is 0 Å². The molecule has 0 bridgehead atoms. The van der Waals surface area contributed by atoms with Crippen molar-refractivity contribution in [3.05, 3.63) is 70.6 Å². The lowest BCUT2D eigenvalue weighted by Gasteiger charge is -2.43. The van der Waals surface area contributed by atoms with Gasteiger partial charge in [-0.1, -0.05) is 31.4 Å². The van der Waals surface area contributed by atoms with Gasteiger partial charge in [-0.15, -0.1) is 11.3 Å². The van der Waals surface area contributed by atoms with Crippen molar-refractivity contribution in [3.8, 4) is 11.1 Å². The second-order valence-electron chi connectivity index (χ2n) is 6.55. The molecule has 0 amide bonds. The highest BCUT2D eigenvalue weighted by Crippen LogP contribution is 2.43. The summed E-state index contributed by atoms with van der Waals surface area (Å²) in [5.41, 5.74) is 4.87. The Morgan fingerprint density at radius 3 is 2.75 bits per heavy atom. The molecule has 1 fully saturated rings. The van der Waals surface area contributed by atoms with Crippen LogP contribution < -0.4 is 5.32 Å². The molecule has 24 heavy (non-hydrogen) atoms. The second kappa shape index (κ2) is 5.50. The van der Waals surface area contributed by atoms with E-state index >= 15 is 0 Å². The minimum absolute atomic E-state index is 0.174. The highest BCUT2D eigenvalue weighted by Gasteiger charge is 2.35. The molecule has 1 atom stereocenters. The molecule has 1 aliphatic rings. The summed E-state index contributed by atoms with van der Waals surface area (Å²) in [6, 6.07) is 8.80. The van der Waals surface area contributed by atoms with Crippen molar-refractivity contribution in [2.75, 3.05) is 7.05 Å². The number of nitrogens with zero attached hydrogens (tertiary/aromatic N) is 1. The number of hydrogen-bond donors (Lipinski definition) is 1. The second-order valence-corrected chi connectivity index (χ2v) is 8.21. The Balaban J connectivity index is 1.85. The van der Waals surface area contributed by atoms with Crippen molar-refractivity contribution in [2.24, 2.45) is 0 Å². The predicted molar refractivity (Wildman–Crippen MR) is 106 cm³/mol. The van der Waals surface area contributed by atoms with Gasteiger partial charge in [0.15, 0.2) is 0 Å². The highest BCUT2D eigenvalue weighted by molar-refractivity contribution is 7.18. The van der Waals surface area contributed by atoms with Gasteiger partial charge in [0.2, 0.25) is 0 Å². The third-order valence-corrected chi connectivity index (χ3v) is 6.60. The van der Waals surface area contributed by atoms with E-state index in [1.54, 1.807) is 11.3 Å². The van der Waals surface area contributed by atoms with Crippen LogP contribution in [0.1, 0.15) is 18.9 Å². The fraction of sp³-hybridized carbons (Fsp3) is 0.200. The minimum atomic E-state index is -0.174. The van der Waals surface area contributed by atoms with Crippen LogP contribution in [0.4, 0.5) is 0 Å². The lowest BCUT2D eigenvalue weighted by atomic mass is 9.85. The van der Waals surface area contributed by atoms with Crippen LogP contribution in [-0.4, -0.2) is 11.9 Å². The number of nitrogens with one attached hydrogen (secondary N) is 1. The molecule has 0 saturated carbocycles. The molecule has 3 aromatic rings. The van der Waals surface area contributed by atoms with E-state index in [1.165, 1.54) is 26.8 Å². The SMILES string of the molecule is C=C1C[C@@](C)(c2csc3c(-c4ccsc4)cccc23)NC(=C)N1C. The van der Waals surface area contributed by atoms with Crippen LogP contribution in [0.25, 0.3) is 21.2 Å². The van der Waals surface area contributed by atoms with E-state index in [4.69, 9.17) is 0 Å². The van der Waals surface area contributed by atoms with Crippen LogP contribution >= 0.6 is 22.7 Å². The summed E-state index contributed by atoms with van der Waals surface area (Å²) < 4.78 is 1.35. The predicted octanol–water partition coefficient (Wildman–Crippen LogP) is 5.76. The van der Waals surface area contributed by atoms with E-state index in [0.29, 0.717) is 0 Å². The van der Waals surface area contributed by atoms with Gasteiger partial charge in [-0.25, -0.2) is 0 Å². The molecule has 0 unspecified atom stereocenters. The Labute approximate surface area is 150 Å². The summed E-state index contributed by atoms with van der Waals surface area (Å²) in [6.07, 6.45) is 0.872. The van der Waals surface area contributed by atoms with Crippen LogP contribution in [0.5, 0.6) is 0 Å². The van der Waals surface area contributed by atoms with E-state index in [-0.39, 0.29) is 5.54 Å². The fourth-order valence-corrected chi connectivity index (χ4v) is 5.35. The fourth-order valence-electron chi connectivity index (χ4n) is 3.46.